The predicted octanol–water partition coefficient (Wildman–Crippen LogP) is 6.90. The molecule has 0 aliphatic carbocycles. The second kappa shape index (κ2) is 11.9. The Kier molecular flexibility index (Phi) is 8.19. The first-order valence-corrected chi connectivity index (χ1v) is 14.9. The van der Waals surface area contributed by atoms with Crippen LogP contribution in [0.3, 0.4) is 0 Å². The van der Waals surface area contributed by atoms with Crippen molar-refractivity contribution in [1.29, 1.82) is 0 Å². The molecule has 0 bridgehead atoms. The van der Waals surface area contributed by atoms with E-state index in [1.807, 2.05) is 60.7 Å². The number of halogens is 1. The molecule has 0 unspecified atom stereocenters. The quantitative estimate of drug-likeness (QED) is 0.246. The molecule has 1 saturated heterocycles. The molecule has 0 spiro atoms. The Bertz CT molecular complexity index is 1500. The van der Waals surface area contributed by atoms with Gasteiger partial charge in [0.2, 0.25) is 5.91 Å². The van der Waals surface area contributed by atoms with Crippen LogP contribution in [-0.2, 0) is 14.8 Å². The standard InChI is InChI=1S/C31H30ClN3O3S/c32-26-16-8-9-17-27(26)34-39(37,38)29-22-25(18-19-28(29)35-20-10-3-11-21-35)33-31(36)30(23-12-4-1-5-13-23)24-14-6-2-7-15-24/h1-2,4-9,12-19,22,30,34H,3,10-11,20-21H2,(H,33,36). The van der Waals surface area contributed by atoms with E-state index in [-0.39, 0.29) is 10.8 Å². The number of nitrogens with one attached hydrogen (secondary N) is 2. The molecule has 4 aromatic rings. The lowest BCUT2D eigenvalue weighted by atomic mass is 9.90. The summed E-state index contributed by atoms with van der Waals surface area (Å²) in [4.78, 5) is 15.9. The first-order valence-electron chi connectivity index (χ1n) is 13.0. The molecule has 39 heavy (non-hydrogen) atoms. The molecule has 8 heteroatoms. The molecule has 1 fully saturated rings. The molecule has 1 aliphatic heterocycles. The van der Waals surface area contributed by atoms with Crippen molar-refractivity contribution in [3.63, 3.8) is 0 Å². The zero-order chi connectivity index (χ0) is 27.2. The molecule has 4 aromatic carbocycles. The maximum absolute atomic E-state index is 13.7. The molecule has 2 N–H and O–H groups in total. The summed E-state index contributed by atoms with van der Waals surface area (Å²) in [5.41, 5.74) is 3.00. The van der Waals surface area contributed by atoms with Gasteiger partial charge in [-0.15, -0.1) is 0 Å². The summed E-state index contributed by atoms with van der Waals surface area (Å²) in [5, 5.41) is 3.29. The third kappa shape index (κ3) is 6.27. The molecule has 200 valence electrons. The van der Waals surface area contributed by atoms with E-state index < -0.39 is 15.9 Å². The fraction of sp³-hybridized carbons (Fsp3) is 0.194. The minimum Gasteiger partial charge on any atom is -0.370 e. The molecular formula is C31H30ClN3O3S. The summed E-state index contributed by atoms with van der Waals surface area (Å²) in [7, 11) is -4.03. The molecule has 1 heterocycles. The Balaban J connectivity index is 1.51. The average Bonchev–Trinajstić information content (AvgIpc) is 2.96. The predicted molar refractivity (Wildman–Crippen MR) is 158 cm³/mol. The molecule has 0 aromatic heterocycles. The Morgan fingerprint density at radius 2 is 1.36 bits per heavy atom. The summed E-state index contributed by atoms with van der Waals surface area (Å²) in [6, 6.07) is 30.9. The minimum absolute atomic E-state index is 0.0955. The van der Waals surface area contributed by atoms with Gasteiger partial charge in [0, 0.05) is 18.8 Å². The minimum atomic E-state index is -4.03. The Morgan fingerprint density at radius 3 is 1.97 bits per heavy atom. The van der Waals surface area contributed by atoms with Crippen LogP contribution in [0.25, 0.3) is 0 Å². The van der Waals surface area contributed by atoms with Crippen molar-refractivity contribution >= 4 is 44.6 Å². The van der Waals surface area contributed by atoms with Gasteiger partial charge in [-0.05, 0) is 60.7 Å². The van der Waals surface area contributed by atoms with Crippen LogP contribution in [0.2, 0.25) is 5.02 Å². The van der Waals surface area contributed by atoms with Crippen LogP contribution in [-0.4, -0.2) is 27.4 Å². The van der Waals surface area contributed by atoms with Crippen molar-refractivity contribution in [1.82, 2.24) is 0 Å². The fourth-order valence-electron chi connectivity index (χ4n) is 4.95. The summed E-state index contributed by atoms with van der Waals surface area (Å²) < 4.78 is 30.1. The summed E-state index contributed by atoms with van der Waals surface area (Å²) >= 11 is 6.26. The van der Waals surface area contributed by atoms with E-state index in [1.54, 1.807) is 36.4 Å². The van der Waals surface area contributed by atoms with Crippen LogP contribution >= 0.6 is 11.6 Å². The molecule has 0 saturated carbocycles. The van der Waals surface area contributed by atoms with Gasteiger partial charge in [0.05, 0.1) is 22.3 Å². The highest BCUT2D eigenvalue weighted by Gasteiger charge is 2.27. The zero-order valence-corrected chi connectivity index (χ0v) is 23.0. The van der Waals surface area contributed by atoms with Crippen LogP contribution in [0.5, 0.6) is 0 Å². The van der Waals surface area contributed by atoms with Gasteiger partial charge in [0.1, 0.15) is 4.90 Å². The zero-order valence-electron chi connectivity index (χ0n) is 21.4. The normalized spacial score (nSPS) is 13.7. The van der Waals surface area contributed by atoms with E-state index in [9.17, 15) is 13.2 Å². The van der Waals surface area contributed by atoms with E-state index in [1.165, 1.54) is 6.07 Å². The number of nitrogens with zero attached hydrogens (tertiary/aromatic N) is 1. The SMILES string of the molecule is O=C(Nc1ccc(N2CCCCC2)c(S(=O)(=O)Nc2ccccc2Cl)c1)C(c1ccccc1)c1ccccc1. The largest absolute Gasteiger partial charge is 0.370 e. The monoisotopic (exact) mass is 559 g/mol. The number of carbonyl (C=O) groups excluding carboxylic acids is 1. The molecule has 1 amide bonds. The van der Waals surface area contributed by atoms with Gasteiger partial charge in [-0.3, -0.25) is 9.52 Å². The van der Waals surface area contributed by atoms with E-state index in [4.69, 9.17) is 11.6 Å². The van der Waals surface area contributed by atoms with Gasteiger partial charge in [-0.2, -0.15) is 0 Å². The molecule has 5 rings (SSSR count). The van der Waals surface area contributed by atoms with Gasteiger partial charge in [-0.25, -0.2) is 8.42 Å². The van der Waals surface area contributed by atoms with E-state index in [0.717, 1.165) is 43.5 Å². The second-order valence-corrected chi connectivity index (χ2v) is 11.6. The van der Waals surface area contributed by atoms with Crippen LogP contribution < -0.4 is 14.9 Å². The highest BCUT2D eigenvalue weighted by Crippen LogP contribution is 2.34. The number of hydrogen-bond donors (Lipinski definition) is 2. The van der Waals surface area contributed by atoms with Gasteiger partial charge in [0.25, 0.3) is 10.0 Å². The maximum atomic E-state index is 13.7. The molecule has 6 nitrogen and oxygen atoms in total. The van der Waals surface area contributed by atoms with Crippen LogP contribution in [0.1, 0.15) is 36.3 Å². The first kappa shape index (κ1) is 26.8. The highest BCUT2D eigenvalue weighted by molar-refractivity contribution is 7.93. The summed E-state index contributed by atoms with van der Waals surface area (Å²) in [6.07, 6.45) is 3.10. The van der Waals surface area contributed by atoms with Crippen molar-refractivity contribution in [3.05, 3.63) is 119 Å². The number of benzene rings is 4. The highest BCUT2D eigenvalue weighted by atomic mass is 35.5. The second-order valence-electron chi connectivity index (χ2n) is 9.56. The van der Waals surface area contributed by atoms with E-state index in [2.05, 4.69) is 14.9 Å². The third-order valence-corrected chi connectivity index (χ3v) is 8.58. The lowest BCUT2D eigenvalue weighted by molar-refractivity contribution is -0.116. The van der Waals surface area contributed by atoms with Crippen LogP contribution in [0.4, 0.5) is 17.1 Å². The van der Waals surface area contributed by atoms with Crippen molar-refractivity contribution < 1.29 is 13.2 Å². The summed E-state index contributed by atoms with van der Waals surface area (Å²) in [5.74, 6) is -0.809. The number of anilines is 3. The van der Waals surface area contributed by atoms with E-state index >= 15 is 0 Å². The topological polar surface area (TPSA) is 78.5 Å². The Hall–Kier alpha value is -3.81. The number of piperidine rings is 1. The lowest BCUT2D eigenvalue weighted by Crippen LogP contribution is -2.31. The van der Waals surface area contributed by atoms with Crippen molar-refractivity contribution in [2.45, 2.75) is 30.1 Å². The van der Waals surface area contributed by atoms with Gasteiger partial charge < -0.3 is 10.2 Å². The molecule has 0 radical (unpaired) electrons. The smallest absolute Gasteiger partial charge is 0.264 e. The maximum Gasteiger partial charge on any atom is 0.264 e. The fourth-order valence-corrected chi connectivity index (χ4v) is 6.52. The lowest BCUT2D eigenvalue weighted by Gasteiger charge is -2.31. The van der Waals surface area contributed by atoms with Gasteiger partial charge in [0.15, 0.2) is 0 Å². The molecule has 1 aliphatic rings. The number of rotatable bonds is 8. The average molecular weight is 560 g/mol. The van der Waals surface area contributed by atoms with Crippen molar-refractivity contribution in [2.75, 3.05) is 28.0 Å². The third-order valence-electron chi connectivity index (χ3n) is 6.86. The Morgan fingerprint density at radius 1 is 0.769 bits per heavy atom. The van der Waals surface area contributed by atoms with Gasteiger partial charge >= 0.3 is 0 Å². The van der Waals surface area contributed by atoms with Crippen LogP contribution in [0.15, 0.2) is 108 Å². The number of amides is 1. The van der Waals surface area contributed by atoms with Gasteiger partial charge in [-0.1, -0.05) is 84.4 Å². The van der Waals surface area contributed by atoms with Crippen molar-refractivity contribution in [2.24, 2.45) is 0 Å². The summed E-state index contributed by atoms with van der Waals surface area (Å²) in [6.45, 7) is 1.54. The molecular weight excluding hydrogens is 530 g/mol. The number of para-hydroxylation sites is 1. The number of hydrogen-bond acceptors (Lipinski definition) is 4. The number of sulfonamides is 1. The van der Waals surface area contributed by atoms with E-state index in [0.29, 0.717) is 22.1 Å². The first-order chi connectivity index (χ1) is 18.9. The molecule has 0 atom stereocenters. The number of carbonyl (C=O) groups is 1. The Labute approximate surface area is 234 Å². The van der Waals surface area contributed by atoms with Crippen molar-refractivity contribution in [3.8, 4) is 0 Å². The van der Waals surface area contributed by atoms with Crippen LogP contribution in [0, 0.1) is 0 Å².